The Bertz CT molecular complexity index is 1290. The van der Waals surface area contributed by atoms with Crippen molar-refractivity contribution in [1.29, 1.82) is 0 Å². The number of fused-ring (bicyclic) bond motifs is 5. The van der Waals surface area contributed by atoms with Crippen molar-refractivity contribution in [3.8, 4) is 0 Å². The molecule has 11 heteroatoms. The molecule has 0 spiro atoms. The van der Waals surface area contributed by atoms with Gasteiger partial charge in [0, 0.05) is 39.2 Å². The van der Waals surface area contributed by atoms with E-state index in [4.69, 9.17) is 37.9 Å². The minimum Gasteiger partial charge on any atom is -0.462 e. The highest BCUT2D eigenvalue weighted by Crippen LogP contribution is 2.54. The van der Waals surface area contributed by atoms with Crippen LogP contribution in [0.2, 0.25) is 0 Å². The summed E-state index contributed by atoms with van der Waals surface area (Å²) in [5.41, 5.74) is 0.763. The van der Waals surface area contributed by atoms with Crippen LogP contribution in [0.4, 0.5) is 0 Å². The molecule has 17 atom stereocenters. The fraction of sp³-hybridized carbons (Fsp3) is 0.854. The Morgan fingerprint density at radius 1 is 0.827 bits per heavy atom. The zero-order chi connectivity index (χ0) is 37.3. The number of rotatable bonds is 9. The molecule has 0 unspecified atom stereocenters. The molecule has 0 radical (unpaired) electrons. The molecule has 1 saturated carbocycles. The van der Waals surface area contributed by atoms with Crippen molar-refractivity contribution in [2.45, 2.75) is 153 Å². The molecule has 52 heavy (non-hydrogen) atoms. The van der Waals surface area contributed by atoms with Crippen molar-refractivity contribution in [1.82, 2.24) is 4.90 Å². The summed E-state index contributed by atoms with van der Waals surface area (Å²) in [7, 11) is 9.15. The molecular weight excluding hydrogens is 666 g/mol. The van der Waals surface area contributed by atoms with Crippen LogP contribution in [-0.4, -0.2) is 120 Å². The Balaban J connectivity index is 1.20. The summed E-state index contributed by atoms with van der Waals surface area (Å²) in [6.07, 6.45) is 10.8. The third kappa shape index (κ3) is 8.27. The first-order valence-electron chi connectivity index (χ1n) is 20.0. The zero-order valence-electron chi connectivity index (χ0n) is 32.9. The van der Waals surface area contributed by atoms with Crippen LogP contribution in [0.5, 0.6) is 0 Å². The van der Waals surface area contributed by atoms with Crippen LogP contribution in [0.15, 0.2) is 23.8 Å². The molecule has 3 aliphatic heterocycles. The average Bonchev–Trinajstić information content (AvgIpc) is 3.70. The number of ketones is 1. The lowest BCUT2D eigenvalue weighted by molar-refractivity contribution is -0.314. The first-order valence-corrected chi connectivity index (χ1v) is 20.0. The first-order chi connectivity index (χ1) is 25.0. The summed E-state index contributed by atoms with van der Waals surface area (Å²) in [6.45, 7) is 8.17. The van der Waals surface area contributed by atoms with Crippen LogP contribution in [0.3, 0.4) is 0 Å². The Morgan fingerprint density at radius 3 is 2.25 bits per heavy atom. The van der Waals surface area contributed by atoms with Gasteiger partial charge in [-0.1, -0.05) is 32.1 Å². The lowest BCUT2D eigenvalue weighted by atomic mass is 9.70. The Morgan fingerprint density at radius 2 is 1.58 bits per heavy atom. The molecule has 0 N–H and O–H groups in total. The van der Waals surface area contributed by atoms with Crippen LogP contribution < -0.4 is 0 Å². The summed E-state index contributed by atoms with van der Waals surface area (Å²) in [5, 5.41) is 0. The van der Waals surface area contributed by atoms with Crippen LogP contribution in [-0.2, 0) is 47.5 Å². The van der Waals surface area contributed by atoms with Gasteiger partial charge in [0.05, 0.1) is 30.8 Å². The molecule has 0 aromatic rings. The SMILES string of the molecule is CC[C@H]1CCC[C@H](O[C@@H]2CC[C@H](N(C)C)[C@@H](C)O2)[C@@H](C)C(=O)C2=C[C@@H]3[C@@H](C=C[C@@H]4C[C@@H](O[C@@H]5O[C@@H](C)[C@H](OC)[C@@H](OC)[C@H]5OC)C[C@@H]34)[C@@H]2CC(=O)O1. The smallest absolute Gasteiger partial charge is 0.306 e. The number of Topliss-reactive ketones (excluding diaryl/α,β-unsaturated/α-hetero) is 1. The Kier molecular flexibility index (Phi) is 13.4. The summed E-state index contributed by atoms with van der Waals surface area (Å²) in [5.74, 6) is 0.0198. The van der Waals surface area contributed by atoms with Gasteiger partial charge in [0.25, 0.3) is 0 Å². The van der Waals surface area contributed by atoms with Gasteiger partial charge in [0.15, 0.2) is 18.4 Å². The van der Waals surface area contributed by atoms with Crippen molar-refractivity contribution < 1.29 is 47.5 Å². The van der Waals surface area contributed by atoms with Gasteiger partial charge < -0.3 is 42.8 Å². The van der Waals surface area contributed by atoms with Gasteiger partial charge in [0.2, 0.25) is 0 Å². The summed E-state index contributed by atoms with van der Waals surface area (Å²) >= 11 is 0. The molecule has 294 valence electrons. The number of carbonyl (C=O) groups excluding carboxylic acids is 2. The Labute approximate surface area is 311 Å². The number of methoxy groups -OCH3 is 3. The van der Waals surface area contributed by atoms with Crippen molar-refractivity contribution in [2.24, 2.45) is 35.5 Å². The summed E-state index contributed by atoms with van der Waals surface area (Å²) in [6, 6.07) is 0.339. The molecule has 4 fully saturated rings. The Hall–Kier alpha value is -1.70. The fourth-order valence-electron chi connectivity index (χ4n) is 10.4. The lowest BCUT2D eigenvalue weighted by Crippen LogP contribution is -2.59. The van der Waals surface area contributed by atoms with E-state index in [0.717, 1.165) is 50.5 Å². The van der Waals surface area contributed by atoms with Crippen molar-refractivity contribution >= 4 is 11.8 Å². The summed E-state index contributed by atoms with van der Waals surface area (Å²) < 4.78 is 49.5. The molecule has 3 saturated heterocycles. The van der Waals surface area contributed by atoms with Crippen molar-refractivity contribution in [3.05, 3.63) is 23.8 Å². The highest BCUT2D eigenvalue weighted by molar-refractivity contribution is 5.99. The summed E-state index contributed by atoms with van der Waals surface area (Å²) in [4.78, 5) is 30.4. The molecule has 3 aliphatic carbocycles. The van der Waals surface area contributed by atoms with Crippen LogP contribution in [0.25, 0.3) is 0 Å². The number of carbonyl (C=O) groups is 2. The van der Waals surface area contributed by atoms with Gasteiger partial charge >= 0.3 is 5.97 Å². The number of hydrogen-bond donors (Lipinski definition) is 0. The van der Waals surface area contributed by atoms with E-state index < -0.39 is 12.4 Å². The average molecular weight is 732 g/mol. The van der Waals surface area contributed by atoms with Gasteiger partial charge in [0.1, 0.15) is 24.4 Å². The number of esters is 1. The van der Waals surface area contributed by atoms with E-state index >= 15 is 0 Å². The van der Waals surface area contributed by atoms with E-state index in [1.165, 1.54) is 0 Å². The van der Waals surface area contributed by atoms with Gasteiger partial charge in [-0.25, -0.2) is 0 Å². The number of ether oxygens (including phenoxy) is 8. The molecular formula is C41H65NO10. The largest absolute Gasteiger partial charge is 0.462 e. The third-order valence-electron chi connectivity index (χ3n) is 13.3. The highest BCUT2D eigenvalue weighted by atomic mass is 16.7. The van der Waals surface area contributed by atoms with E-state index in [0.29, 0.717) is 18.4 Å². The molecule has 11 nitrogen and oxygen atoms in total. The predicted molar refractivity (Wildman–Crippen MR) is 194 cm³/mol. The van der Waals surface area contributed by atoms with Crippen LogP contribution in [0.1, 0.15) is 85.5 Å². The number of allylic oxidation sites excluding steroid dienone is 4. The van der Waals surface area contributed by atoms with Crippen LogP contribution >= 0.6 is 0 Å². The standard InChI is InChI=1S/C41H65NO10/c1-10-26-12-11-13-34(52-36-17-16-33(42(5)6)23(3)48-36)22(2)37(44)32-20-30-28(31(32)21-35(43)50-26)15-14-25-18-27(19-29(25)30)51-41-40(47-9)39(46-8)38(45-7)24(4)49-41/h14-15,20,22-31,33-34,36,38-41H,10-13,16-19,21H2,1-9H3/t22-,23-,24+,25-,26+,27-,28-,29-,30-,31+,33+,34+,36-,38+,39-,40-,41+/m1/s1. The van der Waals surface area contributed by atoms with Gasteiger partial charge in [-0.15, -0.1) is 0 Å². The number of hydrogen-bond acceptors (Lipinski definition) is 11. The lowest BCUT2D eigenvalue weighted by Gasteiger charge is -2.44. The van der Waals surface area contributed by atoms with E-state index in [1.54, 1.807) is 21.3 Å². The zero-order valence-corrected chi connectivity index (χ0v) is 32.9. The van der Waals surface area contributed by atoms with Gasteiger partial charge in [-0.2, -0.15) is 0 Å². The number of cyclic esters (lactones) is 1. The molecule has 3 heterocycles. The maximum Gasteiger partial charge on any atom is 0.306 e. The molecule has 0 aromatic heterocycles. The first kappa shape index (κ1) is 40.0. The predicted octanol–water partition coefficient (Wildman–Crippen LogP) is 5.49. The fourth-order valence-corrected chi connectivity index (χ4v) is 10.4. The van der Waals surface area contributed by atoms with Crippen molar-refractivity contribution in [2.75, 3.05) is 35.4 Å². The number of nitrogens with zero attached hydrogens (tertiary/aromatic N) is 1. The molecule has 6 rings (SSSR count). The second-order valence-electron chi connectivity index (χ2n) is 16.5. The van der Waals surface area contributed by atoms with E-state index in [1.807, 2.05) is 13.8 Å². The molecule has 0 bridgehead atoms. The molecule has 0 amide bonds. The second kappa shape index (κ2) is 17.4. The maximum atomic E-state index is 14.7. The minimum atomic E-state index is -0.594. The van der Waals surface area contributed by atoms with E-state index in [-0.39, 0.29) is 96.8 Å². The second-order valence-corrected chi connectivity index (χ2v) is 16.5. The monoisotopic (exact) mass is 731 g/mol. The topological polar surface area (TPSA) is 111 Å². The molecule has 0 aromatic carbocycles. The maximum absolute atomic E-state index is 14.7. The quantitative estimate of drug-likeness (QED) is 0.222. The van der Waals surface area contributed by atoms with E-state index in [9.17, 15) is 9.59 Å². The van der Waals surface area contributed by atoms with E-state index in [2.05, 4.69) is 51.1 Å². The molecule has 6 aliphatic rings. The number of likely N-dealkylation sites (N-methyl/N-ethyl adjacent to an activating group) is 1. The minimum absolute atomic E-state index is 0.0380. The van der Waals surface area contributed by atoms with Crippen LogP contribution in [0, 0.1) is 35.5 Å². The normalized spacial score (nSPS) is 45.7. The highest BCUT2D eigenvalue weighted by Gasteiger charge is 2.52. The van der Waals surface area contributed by atoms with Crippen molar-refractivity contribution in [3.63, 3.8) is 0 Å². The van der Waals surface area contributed by atoms with Gasteiger partial charge in [-0.3, -0.25) is 9.59 Å². The van der Waals surface area contributed by atoms with Gasteiger partial charge in [-0.05, 0) is 109 Å². The third-order valence-corrected chi connectivity index (χ3v) is 13.3.